The minimum absolute atomic E-state index is 0.118. The second-order valence-corrected chi connectivity index (χ2v) is 6.67. The van der Waals surface area contributed by atoms with Gasteiger partial charge in [-0.15, -0.1) is 0 Å². The van der Waals surface area contributed by atoms with E-state index in [-0.39, 0.29) is 5.91 Å². The van der Waals surface area contributed by atoms with Crippen molar-refractivity contribution in [1.82, 2.24) is 19.7 Å². The molecule has 0 N–H and O–H groups in total. The van der Waals surface area contributed by atoms with E-state index >= 15 is 0 Å². The van der Waals surface area contributed by atoms with Crippen LogP contribution in [0.1, 0.15) is 42.5 Å². The van der Waals surface area contributed by atoms with Gasteiger partial charge in [-0.3, -0.25) is 4.79 Å². The Morgan fingerprint density at radius 3 is 2.52 bits per heavy atom. The summed E-state index contributed by atoms with van der Waals surface area (Å²) in [5, 5.41) is 4.17. The lowest BCUT2D eigenvalue weighted by Gasteiger charge is -2.39. The maximum atomic E-state index is 12.8. The molecule has 5 nitrogen and oxygen atoms in total. The van der Waals surface area contributed by atoms with Gasteiger partial charge in [0.15, 0.2) is 5.82 Å². The lowest BCUT2D eigenvalue weighted by molar-refractivity contribution is 0.0609. The van der Waals surface area contributed by atoms with Gasteiger partial charge in [0.25, 0.3) is 5.91 Å². The average Bonchev–Trinajstić information content (AvgIpc) is 3.08. The van der Waals surface area contributed by atoms with Gasteiger partial charge in [-0.1, -0.05) is 19.3 Å². The molecule has 23 heavy (non-hydrogen) atoms. The number of piperidine rings is 1. The Morgan fingerprint density at radius 2 is 1.87 bits per heavy atom. The fraction of sp³-hybridized carbons (Fsp3) is 0.500. The van der Waals surface area contributed by atoms with Crippen LogP contribution in [0.15, 0.2) is 36.8 Å². The van der Waals surface area contributed by atoms with Crippen molar-refractivity contribution in [3.8, 4) is 5.82 Å². The summed E-state index contributed by atoms with van der Waals surface area (Å²) in [6, 6.07) is 5.47. The lowest BCUT2D eigenvalue weighted by Crippen LogP contribution is -2.41. The number of rotatable bonds is 3. The summed E-state index contributed by atoms with van der Waals surface area (Å²) in [4.78, 5) is 19.0. The predicted molar refractivity (Wildman–Crippen MR) is 87.3 cm³/mol. The van der Waals surface area contributed by atoms with Gasteiger partial charge in [0.2, 0.25) is 0 Å². The van der Waals surface area contributed by atoms with Crippen LogP contribution in [-0.2, 0) is 0 Å². The molecule has 1 aliphatic heterocycles. The maximum Gasteiger partial charge on any atom is 0.254 e. The van der Waals surface area contributed by atoms with E-state index in [1.54, 1.807) is 23.1 Å². The zero-order valence-corrected chi connectivity index (χ0v) is 13.3. The molecule has 1 saturated heterocycles. The number of hydrogen-bond acceptors (Lipinski definition) is 3. The third-order valence-electron chi connectivity index (χ3n) is 5.37. The summed E-state index contributed by atoms with van der Waals surface area (Å²) in [6.45, 7) is 1.78. The summed E-state index contributed by atoms with van der Waals surface area (Å²) in [7, 11) is 0. The highest BCUT2D eigenvalue weighted by Crippen LogP contribution is 2.38. The highest BCUT2D eigenvalue weighted by Gasteiger charge is 2.31. The van der Waals surface area contributed by atoms with Crippen molar-refractivity contribution < 1.29 is 4.79 Å². The minimum atomic E-state index is 0.118. The van der Waals surface area contributed by atoms with Gasteiger partial charge in [0.05, 0.1) is 0 Å². The van der Waals surface area contributed by atoms with Crippen LogP contribution in [0.2, 0.25) is 0 Å². The first-order chi connectivity index (χ1) is 11.3. The number of amides is 1. The Balaban J connectivity index is 1.44. The average molecular weight is 310 g/mol. The molecule has 1 amide bonds. The van der Waals surface area contributed by atoms with Gasteiger partial charge in [-0.25, -0.2) is 9.67 Å². The molecule has 120 valence electrons. The van der Waals surface area contributed by atoms with Gasteiger partial charge in [0.1, 0.15) is 0 Å². The van der Waals surface area contributed by atoms with Crippen LogP contribution < -0.4 is 0 Å². The van der Waals surface area contributed by atoms with E-state index in [0.717, 1.165) is 37.8 Å². The Morgan fingerprint density at radius 1 is 1.09 bits per heavy atom. The molecule has 2 aliphatic rings. The smallest absolute Gasteiger partial charge is 0.254 e. The van der Waals surface area contributed by atoms with Crippen LogP contribution in [0.25, 0.3) is 5.82 Å². The van der Waals surface area contributed by atoms with Crippen LogP contribution in [0, 0.1) is 11.8 Å². The molecular weight excluding hydrogens is 288 g/mol. The Labute approximate surface area is 136 Å². The SMILES string of the molecule is O=C(c1ccnc(-n2cccn2)c1)N1CCC(C2CCC2)CC1. The van der Waals surface area contributed by atoms with Gasteiger partial charge >= 0.3 is 0 Å². The molecule has 0 aromatic carbocycles. The summed E-state index contributed by atoms with van der Waals surface area (Å²) in [5.41, 5.74) is 0.701. The third kappa shape index (κ3) is 2.87. The van der Waals surface area contributed by atoms with Crippen molar-refractivity contribution in [2.75, 3.05) is 13.1 Å². The molecule has 2 aromatic rings. The summed E-state index contributed by atoms with van der Waals surface area (Å²) < 4.78 is 1.68. The minimum Gasteiger partial charge on any atom is -0.339 e. The number of nitrogens with zero attached hydrogens (tertiary/aromatic N) is 4. The van der Waals surface area contributed by atoms with E-state index in [0.29, 0.717) is 11.4 Å². The number of carbonyl (C=O) groups excluding carboxylic acids is 1. The fourth-order valence-corrected chi connectivity index (χ4v) is 3.75. The fourth-order valence-electron chi connectivity index (χ4n) is 3.75. The molecule has 4 rings (SSSR count). The van der Waals surface area contributed by atoms with Crippen LogP contribution >= 0.6 is 0 Å². The van der Waals surface area contributed by atoms with E-state index in [9.17, 15) is 4.79 Å². The molecule has 2 fully saturated rings. The third-order valence-corrected chi connectivity index (χ3v) is 5.37. The highest BCUT2D eigenvalue weighted by molar-refractivity contribution is 5.94. The van der Waals surface area contributed by atoms with E-state index in [4.69, 9.17) is 0 Å². The molecule has 3 heterocycles. The zero-order valence-electron chi connectivity index (χ0n) is 13.3. The Hall–Kier alpha value is -2.17. The van der Waals surface area contributed by atoms with E-state index in [2.05, 4.69) is 10.1 Å². The van der Waals surface area contributed by atoms with Crippen LogP contribution in [0.3, 0.4) is 0 Å². The second kappa shape index (κ2) is 6.14. The molecule has 0 spiro atoms. The van der Waals surface area contributed by atoms with Crippen molar-refractivity contribution in [2.24, 2.45) is 11.8 Å². The van der Waals surface area contributed by atoms with Crippen molar-refractivity contribution in [3.63, 3.8) is 0 Å². The number of pyridine rings is 1. The first kappa shape index (κ1) is 14.4. The van der Waals surface area contributed by atoms with Gasteiger partial charge < -0.3 is 4.90 Å². The van der Waals surface area contributed by atoms with E-state index in [1.165, 1.54) is 19.3 Å². The summed E-state index contributed by atoms with van der Waals surface area (Å²) >= 11 is 0. The lowest BCUT2D eigenvalue weighted by atomic mass is 9.72. The predicted octanol–water partition coefficient (Wildman–Crippen LogP) is 2.92. The van der Waals surface area contributed by atoms with Crippen molar-refractivity contribution >= 4 is 5.91 Å². The number of carbonyl (C=O) groups is 1. The van der Waals surface area contributed by atoms with E-state index < -0.39 is 0 Å². The zero-order chi connectivity index (χ0) is 15.6. The number of likely N-dealkylation sites (tertiary alicyclic amines) is 1. The first-order valence-electron chi connectivity index (χ1n) is 8.56. The summed E-state index contributed by atoms with van der Waals surface area (Å²) in [5.74, 6) is 2.57. The molecule has 5 heteroatoms. The second-order valence-electron chi connectivity index (χ2n) is 6.67. The topological polar surface area (TPSA) is 51.0 Å². The van der Waals surface area contributed by atoms with Crippen molar-refractivity contribution in [2.45, 2.75) is 32.1 Å². The van der Waals surface area contributed by atoms with Gasteiger partial charge in [-0.05, 0) is 42.9 Å². The van der Waals surface area contributed by atoms with Gasteiger partial charge in [0, 0.05) is 37.2 Å². The number of hydrogen-bond donors (Lipinski definition) is 0. The normalized spacial score (nSPS) is 19.6. The molecule has 1 saturated carbocycles. The quantitative estimate of drug-likeness (QED) is 0.876. The largest absolute Gasteiger partial charge is 0.339 e. The van der Waals surface area contributed by atoms with Gasteiger partial charge in [-0.2, -0.15) is 5.10 Å². The standard InChI is InChI=1S/C18H22N4O/c23-18(21-11-6-15(7-12-21)14-3-1-4-14)16-5-9-19-17(13-16)22-10-2-8-20-22/h2,5,8-10,13-15H,1,3-4,6-7,11-12H2. The van der Waals surface area contributed by atoms with Crippen LogP contribution in [0.4, 0.5) is 0 Å². The Bertz CT molecular complexity index is 670. The van der Waals surface area contributed by atoms with E-state index in [1.807, 2.05) is 23.2 Å². The monoisotopic (exact) mass is 310 g/mol. The van der Waals surface area contributed by atoms with Crippen LogP contribution in [-0.4, -0.2) is 38.7 Å². The number of aromatic nitrogens is 3. The van der Waals surface area contributed by atoms with Crippen molar-refractivity contribution in [3.05, 3.63) is 42.4 Å². The summed E-state index contributed by atoms with van der Waals surface area (Å²) in [6.07, 6.45) is 11.7. The molecule has 0 bridgehead atoms. The molecule has 0 atom stereocenters. The Kier molecular flexibility index (Phi) is 3.85. The first-order valence-corrected chi connectivity index (χ1v) is 8.56. The molecular formula is C18H22N4O. The van der Waals surface area contributed by atoms with Crippen LogP contribution in [0.5, 0.6) is 0 Å². The molecule has 0 unspecified atom stereocenters. The molecule has 2 aromatic heterocycles. The van der Waals surface area contributed by atoms with Crippen molar-refractivity contribution in [1.29, 1.82) is 0 Å². The highest BCUT2D eigenvalue weighted by atomic mass is 16.2. The molecule has 0 radical (unpaired) electrons. The maximum absolute atomic E-state index is 12.8. The molecule has 1 aliphatic carbocycles.